The normalized spacial score (nSPS) is 21.3. The van der Waals surface area contributed by atoms with E-state index in [9.17, 15) is 0 Å². The lowest BCUT2D eigenvalue weighted by molar-refractivity contribution is 0.154. The molecule has 4 heteroatoms. The minimum Gasteiger partial charge on any atom is -0.484 e. The zero-order valence-corrected chi connectivity index (χ0v) is 13.8. The molecule has 0 aliphatic carbocycles. The van der Waals surface area contributed by atoms with Crippen molar-refractivity contribution in [2.24, 2.45) is 0 Å². The minimum atomic E-state index is 0.165. The monoisotopic (exact) mass is 351 g/mol. The number of ether oxygens (including phenoxy) is 1. The molecule has 2 heterocycles. The van der Waals surface area contributed by atoms with Crippen molar-refractivity contribution in [2.75, 3.05) is 6.54 Å². The van der Waals surface area contributed by atoms with Crippen LogP contribution in [0.4, 0.5) is 0 Å². The summed E-state index contributed by atoms with van der Waals surface area (Å²) in [5, 5.41) is 5.77. The highest BCUT2D eigenvalue weighted by Gasteiger charge is 2.29. The third kappa shape index (κ3) is 2.92. The van der Waals surface area contributed by atoms with Crippen LogP contribution in [0.15, 0.2) is 40.2 Å². The summed E-state index contributed by atoms with van der Waals surface area (Å²) < 4.78 is 7.30. The second kappa shape index (κ2) is 6.29. The summed E-state index contributed by atoms with van der Waals surface area (Å²) in [6, 6.07) is 10.9. The fourth-order valence-electron chi connectivity index (χ4n) is 2.60. The number of thiophene rings is 1. The first-order chi connectivity index (χ1) is 9.78. The van der Waals surface area contributed by atoms with E-state index in [2.05, 4.69) is 57.8 Å². The largest absolute Gasteiger partial charge is 0.484 e. The predicted molar refractivity (Wildman–Crippen MR) is 87.5 cm³/mol. The Kier molecular flexibility index (Phi) is 4.44. The zero-order chi connectivity index (χ0) is 13.9. The third-order valence-corrected chi connectivity index (χ3v) is 5.03. The molecule has 1 aliphatic rings. The van der Waals surface area contributed by atoms with E-state index in [-0.39, 0.29) is 6.10 Å². The summed E-state index contributed by atoms with van der Waals surface area (Å²) in [6.45, 7) is 3.23. The van der Waals surface area contributed by atoms with Crippen LogP contribution in [0.5, 0.6) is 5.75 Å². The molecule has 1 N–H and O–H groups in total. The summed E-state index contributed by atoms with van der Waals surface area (Å²) in [6.07, 6.45) is 2.30. The van der Waals surface area contributed by atoms with Crippen molar-refractivity contribution in [3.05, 3.63) is 50.6 Å². The highest BCUT2D eigenvalue weighted by atomic mass is 79.9. The van der Waals surface area contributed by atoms with Crippen molar-refractivity contribution in [1.29, 1.82) is 0 Å². The molecule has 0 amide bonds. The van der Waals surface area contributed by atoms with E-state index in [1.165, 1.54) is 10.4 Å². The second-order valence-corrected chi connectivity index (χ2v) is 6.94. The molecule has 2 unspecified atom stereocenters. The highest BCUT2D eigenvalue weighted by molar-refractivity contribution is 9.10. The fraction of sp³-hybridized carbons (Fsp3) is 0.375. The van der Waals surface area contributed by atoms with Crippen LogP contribution >= 0.6 is 27.3 Å². The van der Waals surface area contributed by atoms with Gasteiger partial charge in [-0.15, -0.1) is 11.3 Å². The van der Waals surface area contributed by atoms with Gasteiger partial charge >= 0.3 is 0 Å². The van der Waals surface area contributed by atoms with Gasteiger partial charge in [0.25, 0.3) is 0 Å². The molecule has 1 aliphatic heterocycles. The molecule has 0 saturated heterocycles. The first kappa shape index (κ1) is 14.1. The van der Waals surface area contributed by atoms with Gasteiger partial charge in [0.05, 0.1) is 0 Å². The third-order valence-electron chi connectivity index (χ3n) is 3.57. The molecule has 0 spiro atoms. The first-order valence-electron chi connectivity index (χ1n) is 7.01. The molecule has 2 aromatic rings. The maximum atomic E-state index is 6.19. The Morgan fingerprint density at radius 1 is 1.40 bits per heavy atom. The van der Waals surface area contributed by atoms with E-state index in [1.807, 2.05) is 6.07 Å². The Morgan fingerprint density at radius 2 is 2.30 bits per heavy atom. The topological polar surface area (TPSA) is 21.3 Å². The Hall–Kier alpha value is -0.840. The van der Waals surface area contributed by atoms with Gasteiger partial charge in [0.15, 0.2) is 0 Å². The molecule has 0 radical (unpaired) electrons. The number of rotatable bonds is 4. The lowest BCUT2D eigenvalue weighted by Crippen LogP contribution is -2.29. The Bertz CT molecular complexity index is 570. The van der Waals surface area contributed by atoms with Crippen molar-refractivity contribution in [3.8, 4) is 5.75 Å². The van der Waals surface area contributed by atoms with Crippen molar-refractivity contribution in [3.63, 3.8) is 0 Å². The van der Waals surface area contributed by atoms with Crippen LogP contribution in [0, 0.1) is 0 Å². The molecule has 2 nitrogen and oxygen atoms in total. The van der Waals surface area contributed by atoms with Crippen LogP contribution in [0.3, 0.4) is 0 Å². The zero-order valence-electron chi connectivity index (χ0n) is 11.4. The predicted octanol–water partition coefficient (Wildman–Crippen LogP) is 5.08. The molecular formula is C16H18BrNOS. The van der Waals surface area contributed by atoms with Crippen LogP contribution < -0.4 is 10.1 Å². The quantitative estimate of drug-likeness (QED) is 0.829. The van der Waals surface area contributed by atoms with Gasteiger partial charge in [-0.05, 0) is 42.6 Å². The van der Waals surface area contributed by atoms with Crippen LogP contribution in [-0.4, -0.2) is 6.54 Å². The average molecular weight is 352 g/mol. The average Bonchev–Trinajstić information content (AvgIpc) is 2.99. The number of hydrogen-bond donors (Lipinski definition) is 1. The van der Waals surface area contributed by atoms with Crippen molar-refractivity contribution in [2.45, 2.75) is 31.9 Å². The number of hydrogen-bond acceptors (Lipinski definition) is 3. The molecule has 1 aromatic heterocycles. The van der Waals surface area contributed by atoms with E-state index in [1.54, 1.807) is 11.3 Å². The summed E-state index contributed by atoms with van der Waals surface area (Å²) in [4.78, 5) is 1.31. The van der Waals surface area contributed by atoms with E-state index in [4.69, 9.17) is 4.74 Å². The van der Waals surface area contributed by atoms with Crippen molar-refractivity contribution >= 4 is 27.3 Å². The van der Waals surface area contributed by atoms with Gasteiger partial charge in [-0.2, -0.15) is 0 Å². The molecule has 0 fully saturated rings. The SMILES string of the molecule is CCCNC1CC(c2cccs2)Oc2ccc(Br)cc21. The Balaban J connectivity index is 1.90. The Morgan fingerprint density at radius 3 is 3.05 bits per heavy atom. The molecular weight excluding hydrogens is 334 g/mol. The van der Waals surface area contributed by atoms with Gasteiger partial charge in [-0.3, -0.25) is 0 Å². The van der Waals surface area contributed by atoms with E-state index < -0.39 is 0 Å². The number of benzene rings is 1. The maximum absolute atomic E-state index is 6.19. The summed E-state index contributed by atoms with van der Waals surface area (Å²) in [5.74, 6) is 1.01. The summed E-state index contributed by atoms with van der Waals surface area (Å²) in [7, 11) is 0. The van der Waals surface area contributed by atoms with Gasteiger partial charge < -0.3 is 10.1 Å². The molecule has 106 valence electrons. The molecule has 0 saturated carbocycles. The summed E-state index contributed by atoms with van der Waals surface area (Å²) >= 11 is 5.33. The first-order valence-corrected chi connectivity index (χ1v) is 8.68. The van der Waals surface area contributed by atoms with E-state index in [0.29, 0.717) is 6.04 Å². The molecule has 0 bridgehead atoms. The van der Waals surface area contributed by atoms with Gasteiger partial charge in [0.2, 0.25) is 0 Å². The Labute approximate surface area is 132 Å². The number of nitrogens with one attached hydrogen (secondary N) is 1. The van der Waals surface area contributed by atoms with Gasteiger partial charge in [0.1, 0.15) is 11.9 Å². The molecule has 2 atom stereocenters. The lowest BCUT2D eigenvalue weighted by atomic mass is 9.95. The van der Waals surface area contributed by atoms with Gasteiger partial charge in [-0.25, -0.2) is 0 Å². The number of fused-ring (bicyclic) bond motifs is 1. The fourth-order valence-corrected chi connectivity index (χ4v) is 3.75. The molecule has 3 rings (SSSR count). The second-order valence-electron chi connectivity index (χ2n) is 5.05. The van der Waals surface area contributed by atoms with Crippen LogP contribution in [0.1, 0.15) is 42.4 Å². The summed E-state index contributed by atoms with van der Waals surface area (Å²) in [5.41, 5.74) is 1.26. The number of halogens is 1. The highest BCUT2D eigenvalue weighted by Crippen LogP contribution is 2.42. The van der Waals surface area contributed by atoms with Gasteiger partial charge in [-0.1, -0.05) is 28.9 Å². The molecule has 1 aromatic carbocycles. The maximum Gasteiger partial charge on any atom is 0.135 e. The van der Waals surface area contributed by atoms with E-state index in [0.717, 1.165) is 29.6 Å². The van der Waals surface area contributed by atoms with Crippen molar-refractivity contribution < 1.29 is 4.74 Å². The molecule has 20 heavy (non-hydrogen) atoms. The van der Waals surface area contributed by atoms with Crippen LogP contribution in [-0.2, 0) is 0 Å². The minimum absolute atomic E-state index is 0.165. The standard InChI is InChI=1S/C16H18BrNOS/c1-2-7-18-13-10-15(16-4-3-8-20-16)19-14-6-5-11(17)9-12(13)14/h3-6,8-9,13,15,18H,2,7,10H2,1H3. The van der Waals surface area contributed by atoms with E-state index >= 15 is 0 Å². The smallest absolute Gasteiger partial charge is 0.135 e. The van der Waals surface area contributed by atoms with Crippen molar-refractivity contribution in [1.82, 2.24) is 5.32 Å². The van der Waals surface area contributed by atoms with Gasteiger partial charge in [0, 0.05) is 27.4 Å². The lowest BCUT2D eigenvalue weighted by Gasteiger charge is -2.32. The van der Waals surface area contributed by atoms with Crippen LogP contribution in [0.25, 0.3) is 0 Å². The van der Waals surface area contributed by atoms with Crippen LogP contribution in [0.2, 0.25) is 0 Å².